The van der Waals surface area contributed by atoms with Crippen molar-refractivity contribution in [3.63, 3.8) is 0 Å². The third-order valence-corrected chi connectivity index (χ3v) is 2.76. The summed E-state index contributed by atoms with van der Waals surface area (Å²) < 4.78 is 5.38. The Bertz CT molecular complexity index is 310. The fraction of sp³-hybridized carbons (Fsp3) is 0.846. The number of likely N-dealkylation sites (tertiary alicyclic amines) is 1. The number of esters is 1. The Morgan fingerprint density at radius 3 is 2.61 bits per heavy atom. The van der Waals surface area contributed by atoms with Crippen molar-refractivity contribution in [3.8, 4) is 0 Å². The van der Waals surface area contributed by atoms with Gasteiger partial charge in [-0.3, -0.25) is 14.5 Å². The summed E-state index contributed by atoms with van der Waals surface area (Å²) >= 11 is 0. The molecule has 0 aromatic rings. The predicted octanol–water partition coefficient (Wildman–Crippen LogP) is 0.929. The maximum Gasteiger partial charge on any atom is 0.323 e. The van der Waals surface area contributed by atoms with E-state index in [1.54, 1.807) is 0 Å². The van der Waals surface area contributed by atoms with Crippen LogP contribution in [-0.4, -0.2) is 48.1 Å². The van der Waals surface area contributed by atoms with E-state index in [1.165, 1.54) is 0 Å². The first kappa shape index (κ1) is 15.0. The van der Waals surface area contributed by atoms with Gasteiger partial charge in [-0.05, 0) is 47.1 Å². The van der Waals surface area contributed by atoms with E-state index in [-0.39, 0.29) is 24.5 Å². The van der Waals surface area contributed by atoms with Gasteiger partial charge in [-0.1, -0.05) is 0 Å². The van der Waals surface area contributed by atoms with E-state index in [2.05, 4.69) is 5.32 Å². The third-order valence-electron chi connectivity index (χ3n) is 2.76. The molecule has 1 atom stereocenters. The first-order valence-corrected chi connectivity index (χ1v) is 6.57. The number of amides is 1. The minimum atomic E-state index is -0.475. The summed E-state index contributed by atoms with van der Waals surface area (Å²) in [7, 11) is 0. The molecule has 1 fully saturated rings. The molecule has 104 valence electrons. The van der Waals surface area contributed by atoms with Gasteiger partial charge in [-0.25, -0.2) is 0 Å². The first-order chi connectivity index (χ1) is 8.33. The number of hydrogen-bond donors (Lipinski definition) is 1. The molecule has 1 heterocycles. The van der Waals surface area contributed by atoms with Crippen LogP contribution in [0.15, 0.2) is 0 Å². The second-order valence-electron chi connectivity index (χ2n) is 5.62. The molecule has 18 heavy (non-hydrogen) atoms. The van der Waals surface area contributed by atoms with E-state index < -0.39 is 5.60 Å². The van der Waals surface area contributed by atoms with Crippen molar-refractivity contribution in [1.29, 1.82) is 0 Å². The zero-order chi connectivity index (χ0) is 13.8. The Balaban J connectivity index is 2.54. The van der Waals surface area contributed by atoms with Crippen molar-refractivity contribution in [3.05, 3.63) is 0 Å². The molecule has 0 aromatic heterocycles. The van der Waals surface area contributed by atoms with Gasteiger partial charge in [0.1, 0.15) is 11.6 Å². The van der Waals surface area contributed by atoms with Crippen LogP contribution in [0.5, 0.6) is 0 Å². The highest BCUT2D eigenvalue weighted by atomic mass is 16.6. The summed E-state index contributed by atoms with van der Waals surface area (Å²) in [6.07, 6.45) is 1.71. The second kappa shape index (κ2) is 6.18. The maximum atomic E-state index is 12.0. The normalized spacial score (nSPS) is 20.8. The zero-order valence-electron chi connectivity index (χ0n) is 11.8. The van der Waals surface area contributed by atoms with Gasteiger partial charge in [0.05, 0.1) is 6.54 Å². The molecule has 1 rings (SSSR count). The van der Waals surface area contributed by atoms with E-state index in [0.29, 0.717) is 6.54 Å². The highest BCUT2D eigenvalue weighted by molar-refractivity contribution is 5.81. The fourth-order valence-electron chi connectivity index (χ4n) is 2.09. The average molecular weight is 256 g/mol. The van der Waals surface area contributed by atoms with Gasteiger partial charge in [0, 0.05) is 6.54 Å². The Labute approximate surface area is 109 Å². The van der Waals surface area contributed by atoms with Gasteiger partial charge >= 0.3 is 5.97 Å². The molecular weight excluding hydrogens is 232 g/mol. The number of hydrogen-bond acceptors (Lipinski definition) is 4. The number of carbonyl (C=O) groups is 2. The van der Waals surface area contributed by atoms with Gasteiger partial charge < -0.3 is 10.1 Å². The van der Waals surface area contributed by atoms with Crippen LogP contribution in [0.4, 0.5) is 0 Å². The summed E-state index contributed by atoms with van der Waals surface area (Å²) in [5, 5.41) is 2.75. The molecule has 1 saturated heterocycles. The fourth-order valence-corrected chi connectivity index (χ4v) is 2.09. The monoisotopic (exact) mass is 256 g/mol. The van der Waals surface area contributed by atoms with Crippen LogP contribution in [-0.2, 0) is 14.3 Å². The molecule has 0 aromatic carbocycles. The summed E-state index contributed by atoms with van der Waals surface area (Å²) in [5.41, 5.74) is -0.475. The standard InChI is InChI=1S/C13H24N2O3/c1-5-14-11(16)9-15-8-6-7-10(15)12(17)18-13(2,3)4/h10H,5-9H2,1-4H3,(H,14,16)/t10-/m1/s1. The number of likely N-dealkylation sites (N-methyl/N-ethyl adjacent to an activating group) is 1. The minimum absolute atomic E-state index is 0.0343. The molecule has 0 unspecified atom stereocenters. The molecule has 1 amide bonds. The van der Waals surface area contributed by atoms with Crippen LogP contribution < -0.4 is 5.32 Å². The molecule has 5 heteroatoms. The summed E-state index contributed by atoms with van der Waals surface area (Å²) in [6, 6.07) is -0.271. The maximum absolute atomic E-state index is 12.0. The van der Waals surface area contributed by atoms with Crippen molar-refractivity contribution < 1.29 is 14.3 Å². The Hall–Kier alpha value is -1.10. The van der Waals surface area contributed by atoms with Crippen LogP contribution in [0.2, 0.25) is 0 Å². The smallest absolute Gasteiger partial charge is 0.323 e. The van der Waals surface area contributed by atoms with Gasteiger partial charge in [0.25, 0.3) is 0 Å². The molecule has 1 N–H and O–H groups in total. The topological polar surface area (TPSA) is 58.6 Å². The number of nitrogens with one attached hydrogen (secondary N) is 1. The van der Waals surface area contributed by atoms with Crippen molar-refractivity contribution in [1.82, 2.24) is 10.2 Å². The van der Waals surface area contributed by atoms with Crippen molar-refractivity contribution in [2.45, 2.75) is 52.2 Å². The van der Waals surface area contributed by atoms with Crippen LogP contribution in [0.3, 0.4) is 0 Å². The van der Waals surface area contributed by atoms with Gasteiger partial charge in [0.15, 0.2) is 0 Å². The molecular formula is C13H24N2O3. The van der Waals surface area contributed by atoms with E-state index in [1.807, 2.05) is 32.6 Å². The van der Waals surface area contributed by atoms with Crippen LogP contribution in [0.25, 0.3) is 0 Å². The van der Waals surface area contributed by atoms with Crippen LogP contribution in [0, 0.1) is 0 Å². The Morgan fingerprint density at radius 1 is 1.39 bits per heavy atom. The number of rotatable bonds is 4. The van der Waals surface area contributed by atoms with Crippen molar-refractivity contribution in [2.24, 2.45) is 0 Å². The number of carbonyl (C=O) groups excluding carboxylic acids is 2. The summed E-state index contributed by atoms with van der Waals surface area (Å²) in [5.74, 6) is -0.253. The lowest BCUT2D eigenvalue weighted by molar-refractivity contribution is -0.160. The quantitative estimate of drug-likeness (QED) is 0.760. The SMILES string of the molecule is CCNC(=O)CN1CCC[C@@H]1C(=O)OC(C)(C)C. The lowest BCUT2D eigenvalue weighted by Gasteiger charge is -2.26. The molecule has 1 aliphatic heterocycles. The average Bonchev–Trinajstić information content (AvgIpc) is 2.63. The zero-order valence-corrected chi connectivity index (χ0v) is 11.8. The number of nitrogens with zero attached hydrogens (tertiary/aromatic N) is 1. The van der Waals surface area contributed by atoms with Crippen molar-refractivity contribution in [2.75, 3.05) is 19.6 Å². The second-order valence-corrected chi connectivity index (χ2v) is 5.62. The summed E-state index contributed by atoms with van der Waals surface area (Å²) in [4.78, 5) is 25.5. The van der Waals surface area contributed by atoms with E-state index in [9.17, 15) is 9.59 Å². The molecule has 0 spiro atoms. The van der Waals surface area contributed by atoms with Crippen LogP contribution in [0.1, 0.15) is 40.5 Å². The number of ether oxygens (including phenoxy) is 1. The molecule has 0 saturated carbocycles. The Morgan fingerprint density at radius 2 is 2.06 bits per heavy atom. The first-order valence-electron chi connectivity index (χ1n) is 6.57. The van der Waals surface area contributed by atoms with Crippen molar-refractivity contribution >= 4 is 11.9 Å². The van der Waals surface area contributed by atoms with Crippen LogP contribution >= 0.6 is 0 Å². The lowest BCUT2D eigenvalue weighted by Crippen LogP contribution is -2.45. The molecule has 5 nitrogen and oxygen atoms in total. The van der Waals surface area contributed by atoms with E-state index in [4.69, 9.17) is 4.74 Å². The van der Waals surface area contributed by atoms with E-state index in [0.717, 1.165) is 19.4 Å². The van der Waals surface area contributed by atoms with Gasteiger partial charge in [-0.2, -0.15) is 0 Å². The van der Waals surface area contributed by atoms with Gasteiger partial charge in [-0.15, -0.1) is 0 Å². The summed E-state index contributed by atoms with van der Waals surface area (Å²) in [6.45, 7) is 9.12. The molecule has 0 radical (unpaired) electrons. The molecule has 1 aliphatic rings. The lowest BCUT2D eigenvalue weighted by atomic mass is 10.1. The van der Waals surface area contributed by atoms with Gasteiger partial charge in [0.2, 0.25) is 5.91 Å². The predicted molar refractivity (Wildman–Crippen MR) is 69.1 cm³/mol. The Kier molecular flexibility index (Phi) is 5.14. The largest absolute Gasteiger partial charge is 0.459 e. The van der Waals surface area contributed by atoms with E-state index >= 15 is 0 Å². The minimum Gasteiger partial charge on any atom is -0.459 e. The molecule has 0 aliphatic carbocycles. The molecule has 0 bridgehead atoms. The third kappa shape index (κ3) is 4.64. The highest BCUT2D eigenvalue weighted by Crippen LogP contribution is 2.20. The highest BCUT2D eigenvalue weighted by Gasteiger charge is 2.34.